The zero-order valence-electron chi connectivity index (χ0n) is 9.33. The Kier molecular flexibility index (Phi) is 5.52. The molecule has 1 saturated heterocycles. The van der Waals surface area contributed by atoms with Crippen LogP contribution in [0.3, 0.4) is 0 Å². The zero-order valence-corrected chi connectivity index (χ0v) is 11.7. The summed E-state index contributed by atoms with van der Waals surface area (Å²) in [6, 6.07) is 0. The van der Waals surface area contributed by atoms with Crippen LogP contribution in [-0.2, 0) is 0 Å². The molecule has 1 aliphatic rings. The lowest BCUT2D eigenvalue weighted by atomic mass is 10.3. The topological polar surface area (TPSA) is 53.1 Å². The highest BCUT2D eigenvalue weighted by Crippen LogP contribution is 2.30. The van der Waals surface area contributed by atoms with Crippen molar-refractivity contribution < 1.29 is 0 Å². The Bertz CT molecular complexity index is 381. The SMILES string of the molecule is CNc1nc(Cl)c(Cl)c(N2CCNCC2)n1.Cl. The van der Waals surface area contributed by atoms with Crippen molar-refractivity contribution in [3.63, 3.8) is 0 Å². The summed E-state index contributed by atoms with van der Waals surface area (Å²) in [5, 5.41) is 6.84. The predicted octanol–water partition coefficient (Wildman–Crippen LogP) is 1.66. The standard InChI is InChI=1S/C9H13Cl2N5.ClH/c1-12-9-14-7(11)6(10)8(15-9)16-4-2-13-3-5-16;/h13H,2-5H2,1H3,(H,12,14,15);1H. The number of piperazine rings is 1. The van der Waals surface area contributed by atoms with Crippen LogP contribution in [0.1, 0.15) is 0 Å². The van der Waals surface area contributed by atoms with Crippen molar-refractivity contribution in [3.05, 3.63) is 10.2 Å². The molecule has 5 nitrogen and oxygen atoms in total. The van der Waals surface area contributed by atoms with Crippen LogP contribution in [0.5, 0.6) is 0 Å². The third-order valence-electron chi connectivity index (χ3n) is 2.43. The summed E-state index contributed by atoms with van der Waals surface area (Å²) in [7, 11) is 1.75. The second-order valence-corrected chi connectivity index (χ2v) is 4.20. The molecule has 96 valence electrons. The van der Waals surface area contributed by atoms with Gasteiger partial charge < -0.3 is 15.5 Å². The molecule has 1 aromatic heterocycles. The predicted molar refractivity (Wildman–Crippen MR) is 73.9 cm³/mol. The number of halogens is 3. The van der Waals surface area contributed by atoms with E-state index in [4.69, 9.17) is 23.2 Å². The number of hydrogen-bond donors (Lipinski definition) is 2. The maximum Gasteiger partial charge on any atom is 0.225 e. The highest BCUT2D eigenvalue weighted by molar-refractivity contribution is 6.42. The van der Waals surface area contributed by atoms with E-state index in [0.717, 1.165) is 26.2 Å². The molecule has 0 saturated carbocycles. The van der Waals surface area contributed by atoms with E-state index in [1.165, 1.54) is 0 Å². The van der Waals surface area contributed by atoms with Crippen LogP contribution in [0, 0.1) is 0 Å². The molecule has 8 heteroatoms. The first-order chi connectivity index (χ1) is 7.72. The first-order valence-corrected chi connectivity index (χ1v) is 5.84. The monoisotopic (exact) mass is 297 g/mol. The normalized spacial score (nSPS) is 15.4. The van der Waals surface area contributed by atoms with Crippen molar-refractivity contribution in [2.24, 2.45) is 0 Å². The fraction of sp³-hybridized carbons (Fsp3) is 0.556. The van der Waals surface area contributed by atoms with Gasteiger partial charge in [-0.25, -0.2) is 0 Å². The number of nitrogens with one attached hydrogen (secondary N) is 2. The molecular formula is C9H14Cl3N5. The average molecular weight is 299 g/mol. The molecule has 0 bridgehead atoms. The van der Waals surface area contributed by atoms with Gasteiger partial charge in [0.2, 0.25) is 5.95 Å². The van der Waals surface area contributed by atoms with E-state index in [-0.39, 0.29) is 17.6 Å². The first-order valence-electron chi connectivity index (χ1n) is 5.09. The average Bonchev–Trinajstić information content (AvgIpc) is 2.33. The Labute approximate surface area is 116 Å². The molecule has 2 N–H and O–H groups in total. The second-order valence-electron chi connectivity index (χ2n) is 3.46. The molecule has 1 fully saturated rings. The van der Waals surface area contributed by atoms with Crippen LogP contribution in [-0.4, -0.2) is 43.2 Å². The summed E-state index contributed by atoms with van der Waals surface area (Å²) in [6.45, 7) is 3.59. The van der Waals surface area contributed by atoms with E-state index < -0.39 is 0 Å². The van der Waals surface area contributed by atoms with E-state index in [0.29, 0.717) is 16.8 Å². The molecule has 0 aromatic carbocycles. The van der Waals surface area contributed by atoms with Gasteiger partial charge in [0, 0.05) is 33.2 Å². The van der Waals surface area contributed by atoms with Crippen LogP contribution < -0.4 is 15.5 Å². The minimum atomic E-state index is 0. The lowest BCUT2D eigenvalue weighted by molar-refractivity contribution is 0.585. The van der Waals surface area contributed by atoms with Crippen molar-refractivity contribution in [1.29, 1.82) is 0 Å². The van der Waals surface area contributed by atoms with Crippen LogP contribution in [0.2, 0.25) is 10.2 Å². The lowest BCUT2D eigenvalue weighted by Gasteiger charge is -2.29. The summed E-state index contributed by atoms with van der Waals surface area (Å²) >= 11 is 12.1. The van der Waals surface area contributed by atoms with Crippen molar-refractivity contribution in [2.45, 2.75) is 0 Å². The summed E-state index contributed by atoms with van der Waals surface area (Å²) in [6.07, 6.45) is 0. The Hall–Kier alpha value is -0.490. The van der Waals surface area contributed by atoms with E-state index in [9.17, 15) is 0 Å². The maximum absolute atomic E-state index is 6.11. The Morgan fingerprint density at radius 2 is 1.88 bits per heavy atom. The van der Waals surface area contributed by atoms with Crippen LogP contribution in [0.15, 0.2) is 0 Å². The fourth-order valence-electron chi connectivity index (χ4n) is 1.61. The quantitative estimate of drug-likeness (QED) is 0.813. The molecule has 1 aliphatic heterocycles. The largest absolute Gasteiger partial charge is 0.357 e. The van der Waals surface area contributed by atoms with Crippen molar-refractivity contribution in [2.75, 3.05) is 43.4 Å². The van der Waals surface area contributed by atoms with Gasteiger partial charge in [0.1, 0.15) is 5.02 Å². The van der Waals surface area contributed by atoms with Gasteiger partial charge in [-0.05, 0) is 0 Å². The molecule has 1 aromatic rings. The van der Waals surface area contributed by atoms with Crippen LogP contribution >= 0.6 is 35.6 Å². The highest BCUT2D eigenvalue weighted by Gasteiger charge is 2.18. The van der Waals surface area contributed by atoms with E-state index in [2.05, 4.69) is 25.5 Å². The minimum Gasteiger partial charge on any atom is -0.357 e. The van der Waals surface area contributed by atoms with Gasteiger partial charge in [-0.2, -0.15) is 9.97 Å². The number of nitrogens with zero attached hydrogens (tertiary/aromatic N) is 3. The molecule has 0 aliphatic carbocycles. The summed E-state index contributed by atoms with van der Waals surface area (Å²) < 4.78 is 0. The van der Waals surface area contributed by atoms with Gasteiger partial charge in [-0.1, -0.05) is 23.2 Å². The number of hydrogen-bond acceptors (Lipinski definition) is 5. The van der Waals surface area contributed by atoms with E-state index >= 15 is 0 Å². The van der Waals surface area contributed by atoms with Gasteiger partial charge in [-0.3, -0.25) is 0 Å². The van der Waals surface area contributed by atoms with E-state index in [1.807, 2.05) is 0 Å². The molecule has 0 spiro atoms. The molecule has 0 radical (unpaired) electrons. The van der Waals surface area contributed by atoms with Gasteiger partial charge in [0.15, 0.2) is 11.0 Å². The lowest BCUT2D eigenvalue weighted by Crippen LogP contribution is -2.44. The van der Waals surface area contributed by atoms with Crippen molar-refractivity contribution >= 4 is 47.4 Å². The summed E-state index contributed by atoms with van der Waals surface area (Å²) in [5.74, 6) is 1.19. The highest BCUT2D eigenvalue weighted by atomic mass is 35.5. The number of rotatable bonds is 2. The molecule has 17 heavy (non-hydrogen) atoms. The number of aromatic nitrogens is 2. The molecule has 2 rings (SSSR count). The third-order valence-corrected chi connectivity index (χ3v) is 3.15. The van der Waals surface area contributed by atoms with Crippen LogP contribution in [0.4, 0.5) is 11.8 Å². The fourth-order valence-corrected chi connectivity index (χ4v) is 1.98. The third kappa shape index (κ3) is 3.25. The van der Waals surface area contributed by atoms with Gasteiger partial charge in [0.25, 0.3) is 0 Å². The minimum absolute atomic E-state index is 0. The smallest absolute Gasteiger partial charge is 0.225 e. The van der Waals surface area contributed by atoms with Crippen LogP contribution in [0.25, 0.3) is 0 Å². The number of anilines is 2. The Morgan fingerprint density at radius 1 is 1.24 bits per heavy atom. The molecule has 0 unspecified atom stereocenters. The van der Waals surface area contributed by atoms with Crippen molar-refractivity contribution in [3.8, 4) is 0 Å². The molecule has 0 amide bonds. The second kappa shape index (κ2) is 6.44. The Morgan fingerprint density at radius 3 is 2.47 bits per heavy atom. The van der Waals surface area contributed by atoms with Crippen molar-refractivity contribution in [1.82, 2.24) is 15.3 Å². The van der Waals surface area contributed by atoms with E-state index in [1.54, 1.807) is 7.05 Å². The molecule has 2 heterocycles. The molecular weight excluding hydrogens is 284 g/mol. The first kappa shape index (κ1) is 14.6. The van der Waals surface area contributed by atoms with Gasteiger partial charge >= 0.3 is 0 Å². The van der Waals surface area contributed by atoms with Gasteiger partial charge in [0.05, 0.1) is 0 Å². The van der Waals surface area contributed by atoms with Gasteiger partial charge in [-0.15, -0.1) is 12.4 Å². The Balaban J connectivity index is 0.00000144. The maximum atomic E-state index is 6.11. The summed E-state index contributed by atoms with van der Waals surface area (Å²) in [5.41, 5.74) is 0. The summed E-state index contributed by atoms with van der Waals surface area (Å²) in [4.78, 5) is 10.5. The molecule has 0 atom stereocenters. The zero-order chi connectivity index (χ0) is 11.5.